The highest BCUT2D eigenvalue weighted by molar-refractivity contribution is 6.00. The predicted molar refractivity (Wildman–Crippen MR) is 139 cm³/mol. The highest BCUT2D eigenvalue weighted by Gasteiger charge is 2.37. The monoisotopic (exact) mass is 502 g/mol. The first-order chi connectivity index (χ1) is 17.9. The Morgan fingerprint density at radius 1 is 1.11 bits per heavy atom. The number of alkyl halides is 2. The second-order valence-electron chi connectivity index (χ2n) is 10.0. The lowest BCUT2D eigenvalue weighted by molar-refractivity contribution is 0.0966. The minimum Gasteiger partial charge on any atom is -0.320 e. The van der Waals surface area contributed by atoms with E-state index in [1.165, 1.54) is 0 Å². The number of carbonyl (C=O) groups excluding carboxylic acids is 1. The quantitative estimate of drug-likeness (QED) is 0.377. The number of amides is 2. The summed E-state index contributed by atoms with van der Waals surface area (Å²) >= 11 is 0. The number of hydrogen-bond acceptors (Lipinski definition) is 4. The molecule has 0 unspecified atom stereocenters. The smallest absolute Gasteiger partial charge is 0.320 e. The molecule has 190 valence electrons. The van der Waals surface area contributed by atoms with Gasteiger partial charge in [-0.1, -0.05) is 30.3 Å². The Labute approximate surface area is 213 Å². The van der Waals surface area contributed by atoms with Crippen molar-refractivity contribution in [3.63, 3.8) is 0 Å². The summed E-state index contributed by atoms with van der Waals surface area (Å²) < 4.78 is 26.4. The second-order valence-corrected chi connectivity index (χ2v) is 10.0. The molecule has 2 aromatic heterocycles. The van der Waals surface area contributed by atoms with Gasteiger partial charge in [0.2, 0.25) is 0 Å². The van der Waals surface area contributed by atoms with E-state index < -0.39 is 6.43 Å². The molecule has 4 heterocycles. The molecule has 0 radical (unpaired) electrons. The number of fused-ring (bicyclic) bond motifs is 2. The summed E-state index contributed by atoms with van der Waals surface area (Å²) in [6, 6.07) is 17.8. The molecule has 1 fully saturated rings. The van der Waals surface area contributed by atoms with Gasteiger partial charge in [0.1, 0.15) is 5.69 Å². The van der Waals surface area contributed by atoms with Crippen molar-refractivity contribution in [3.05, 3.63) is 77.6 Å². The number of aromatic nitrogens is 3. The van der Waals surface area contributed by atoms with Crippen LogP contribution in [-0.2, 0) is 6.54 Å². The molecule has 0 bridgehead atoms. The van der Waals surface area contributed by atoms with Crippen LogP contribution in [0.4, 0.5) is 19.3 Å². The lowest BCUT2D eigenvalue weighted by Gasteiger charge is -2.33. The van der Waals surface area contributed by atoms with Crippen molar-refractivity contribution in [2.75, 3.05) is 31.5 Å². The zero-order chi connectivity index (χ0) is 25.5. The van der Waals surface area contributed by atoms with E-state index >= 15 is 0 Å². The Balaban J connectivity index is 1.27. The van der Waals surface area contributed by atoms with Gasteiger partial charge in [-0.2, -0.15) is 5.10 Å². The summed E-state index contributed by atoms with van der Waals surface area (Å²) in [6.07, 6.45) is -0.607. The van der Waals surface area contributed by atoms with Crippen LogP contribution in [0.5, 0.6) is 0 Å². The number of nitrogens with one attached hydrogen (secondary N) is 2. The van der Waals surface area contributed by atoms with Crippen LogP contribution in [0.1, 0.15) is 22.7 Å². The number of aryl methyl sites for hydroxylation is 1. The molecule has 2 N–H and O–H groups in total. The van der Waals surface area contributed by atoms with Gasteiger partial charge in [-0.15, -0.1) is 0 Å². The van der Waals surface area contributed by atoms with Crippen molar-refractivity contribution >= 4 is 22.6 Å². The summed E-state index contributed by atoms with van der Waals surface area (Å²) in [5.41, 5.74) is 6.47. The van der Waals surface area contributed by atoms with E-state index in [2.05, 4.69) is 26.6 Å². The van der Waals surface area contributed by atoms with Crippen LogP contribution < -0.4 is 5.32 Å². The van der Waals surface area contributed by atoms with Crippen molar-refractivity contribution in [2.45, 2.75) is 25.8 Å². The number of anilines is 1. The number of benzene rings is 2. The Kier molecular flexibility index (Phi) is 6.08. The van der Waals surface area contributed by atoms with Crippen molar-refractivity contribution in [1.29, 1.82) is 0 Å². The molecule has 0 aliphatic carbocycles. The van der Waals surface area contributed by atoms with Gasteiger partial charge in [-0.25, -0.2) is 13.6 Å². The molecule has 0 saturated carbocycles. The predicted octanol–water partition coefficient (Wildman–Crippen LogP) is 5.26. The minimum atomic E-state index is -2.38. The number of pyridine rings is 1. The molecular weight excluding hydrogens is 474 g/mol. The van der Waals surface area contributed by atoms with E-state index in [1.54, 1.807) is 11.1 Å². The highest BCUT2D eigenvalue weighted by Crippen LogP contribution is 2.37. The maximum absolute atomic E-state index is 13.2. The van der Waals surface area contributed by atoms with Crippen molar-refractivity contribution in [1.82, 2.24) is 25.0 Å². The number of aromatic amines is 1. The van der Waals surface area contributed by atoms with Crippen LogP contribution in [0.15, 0.2) is 60.8 Å². The lowest BCUT2D eigenvalue weighted by Crippen LogP contribution is -2.42. The third-order valence-electron chi connectivity index (χ3n) is 7.44. The van der Waals surface area contributed by atoms with Gasteiger partial charge in [0.05, 0.1) is 12.1 Å². The molecule has 2 aliphatic heterocycles. The Hall–Kier alpha value is -3.85. The fraction of sp³-hybridized carbons (Fsp3) is 0.321. The number of H-pyrrole nitrogens is 1. The molecular formula is C28H28F2N6O. The maximum atomic E-state index is 13.2. The molecule has 9 heteroatoms. The summed E-state index contributed by atoms with van der Waals surface area (Å²) in [7, 11) is 0. The lowest BCUT2D eigenvalue weighted by atomic mass is 9.88. The number of carbonyl (C=O) groups is 1. The van der Waals surface area contributed by atoms with Gasteiger partial charge in [0, 0.05) is 60.6 Å². The molecule has 2 aliphatic rings. The number of rotatable bonds is 6. The molecule has 1 saturated heterocycles. The standard InChI is InChI=1S/C28H28F2N6O/c1-17-9-19(7-8-31-17)27-22-10-20-13-36(28(37)32-24(20)11-25(22)33-34-27)14-21-12-35(16-26(29)30)15-23(21)18-5-3-2-4-6-18/h2-11,21,23,26H,12-16H2,1H3,(H,32,37)(H,33,34)/t21-,23-/m0/s1. The van der Waals surface area contributed by atoms with Crippen LogP contribution in [0, 0.1) is 12.8 Å². The topological polar surface area (TPSA) is 77.2 Å². The number of halogens is 2. The van der Waals surface area contributed by atoms with Crippen molar-refractivity contribution in [3.8, 4) is 11.3 Å². The highest BCUT2D eigenvalue weighted by atomic mass is 19.3. The number of urea groups is 1. The summed E-state index contributed by atoms with van der Waals surface area (Å²) in [6.45, 7) is 3.74. The number of likely N-dealkylation sites (tertiary alicyclic amines) is 1. The first-order valence-corrected chi connectivity index (χ1v) is 12.5. The van der Waals surface area contributed by atoms with Crippen LogP contribution in [0.25, 0.3) is 22.2 Å². The van der Waals surface area contributed by atoms with E-state index in [0.29, 0.717) is 26.2 Å². The summed E-state index contributed by atoms with van der Waals surface area (Å²) in [5, 5.41) is 11.6. The zero-order valence-corrected chi connectivity index (χ0v) is 20.5. The van der Waals surface area contributed by atoms with Crippen molar-refractivity contribution in [2.24, 2.45) is 5.92 Å². The van der Waals surface area contributed by atoms with Crippen LogP contribution in [-0.4, -0.2) is 63.6 Å². The molecule has 2 aromatic carbocycles. The molecule has 2 amide bonds. The largest absolute Gasteiger partial charge is 0.322 e. The van der Waals surface area contributed by atoms with E-state index in [0.717, 1.165) is 44.7 Å². The van der Waals surface area contributed by atoms with E-state index in [4.69, 9.17) is 0 Å². The van der Waals surface area contributed by atoms with Gasteiger partial charge >= 0.3 is 6.03 Å². The SMILES string of the molecule is Cc1cc(-c2n[nH]c3cc4c(cc23)CN(C[C@@H]2CN(CC(F)F)C[C@H]2c2ccccc2)C(=O)N4)ccn1. The molecule has 6 rings (SSSR count). The Bertz CT molecular complexity index is 1440. The van der Waals surface area contributed by atoms with E-state index in [1.807, 2.05) is 60.4 Å². The van der Waals surface area contributed by atoms with Crippen LogP contribution >= 0.6 is 0 Å². The molecule has 4 aromatic rings. The minimum absolute atomic E-state index is 0.0569. The summed E-state index contributed by atoms with van der Waals surface area (Å²) in [4.78, 5) is 21.0. The third-order valence-corrected chi connectivity index (χ3v) is 7.44. The molecule has 0 spiro atoms. The normalized spacial score (nSPS) is 20.0. The third kappa shape index (κ3) is 4.67. The first kappa shape index (κ1) is 23.5. The van der Waals surface area contributed by atoms with Gasteiger partial charge in [0.15, 0.2) is 0 Å². The fourth-order valence-electron chi connectivity index (χ4n) is 5.74. The molecule has 37 heavy (non-hydrogen) atoms. The number of nitrogens with zero attached hydrogens (tertiary/aromatic N) is 4. The van der Waals surface area contributed by atoms with E-state index in [9.17, 15) is 13.6 Å². The fourth-order valence-corrected chi connectivity index (χ4v) is 5.74. The van der Waals surface area contributed by atoms with Gasteiger partial charge in [-0.05, 0) is 48.2 Å². The van der Waals surface area contributed by atoms with Crippen molar-refractivity contribution < 1.29 is 13.6 Å². The van der Waals surface area contributed by atoms with Gasteiger partial charge in [-0.3, -0.25) is 15.0 Å². The average Bonchev–Trinajstić information content (AvgIpc) is 3.47. The first-order valence-electron chi connectivity index (χ1n) is 12.5. The summed E-state index contributed by atoms with van der Waals surface area (Å²) in [5.74, 6) is 0.147. The molecule has 2 atom stereocenters. The second kappa shape index (κ2) is 9.55. The average molecular weight is 503 g/mol. The van der Waals surface area contributed by atoms with Gasteiger partial charge in [0.25, 0.3) is 6.43 Å². The number of hydrogen-bond donors (Lipinski definition) is 2. The van der Waals surface area contributed by atoms with Crippen LogP contribution in [0.3, 0.4) is 0 Å². The maximum Gasteiger partial charge on any atom is 0.322 e. The van der Waals surface area contributed by atoms with E-state index in [-0.39, 0.29) is 24.4 Å². The van der Waals surface area contributed by atoms with Gasteiger partial charge < -0.3 is 10.2 Å². The Morgan fingerprint density at radius 2 is 1.95 bits per heavy atom. The Morgan fingerprint density at radius 3 is 2.73 bits per heavy atom. The van der Waals surface area contributed by atoms with Crippen LogP contribution in [0.2, 0.25) is 0 Å². The molecule has 7 nitrogen and oxygen atoms in total. The zero-order valence-electron chi connectivity index (χ0n) is 20.5.